The topological polar surface area (TPSA) is 114 Å². The van der Waals surface area contributed by atoms with Crippen LogP contribution in [0.1, 0.15) is 88.3 Å². The number of benzene rings is 1. The van der Waals surface area contributed by atoms with Crippen molar-refractivity contribution in [3.05, 3.63) is 35.4 Å². The summed E-state index contributed by atoms with van der Waals surface area (Å²) in [4.78, 5) is 44.9. The molecule has 2 heterocycles. The zero-order valence-electron chi connectivity index (χ0n) is 25.3. The first-order valence-electron chi connectivity index (χ1n) is 16.5. The van der Waals surface area contributed by atoms with Gasteiger partial charge in [-0.05, 0) is 82.4 Å². The average molecular weight is 580 g/mol. The van der Waals surface area contributed by atoms with Crippen LogP contribution in [0, 0.1) is 17.8 Å². The Morgan fingerprint density at radius 2 is 1.71 bits per heavy atom. The Balaban J connectivity index is 1.26. The predicted molar refractivity (Wildman–Crippen MR) is 160 cm³/mol. The van der Waals surface area contributed by atoms with Gasteiger partial charge in [-0.25, -0.2) is 0 Å². The molecule has 42 heavy (non-hydrogen) atoms. The number of aryl methyl sites for hydroxylation is 1. The Kier molecular flexibility index (Phi) is 8.89. The lowest BCUT2D eigenvalue weighted by molar-refractivity contribution is -0.141. The molecule has 6 rings (SSSR count). The number of hydrogen-bond donors (Lipinski definition) is 4. The molecule has 7 unspecified atom stereocenters. The lowest BCUT2D eigenvalue weighted by Crippen LogP contribution is -2.58. The molecule has 230 valence electrons. The van der Waals surface area contributed by atoms with Crippen LogP contribution in [-0.4, -0.2) is 83.2 Å². The number of amides is 3. The molecule has 2 saturated carbocycles. The Labute approximate surface area is 250 Å². The fourth-order valence-electron chi connectivity index (χ4n) is 8.18. The van der Waals surface area contributed by atoms with Crippen LogP contribution in [0.15, 0.2) is 24.3 Å². The van der Waals surface area contributed by atoms with Crippen molar-refractivity contribution >= 4 is 17.7 Å². The van der Waals surface area contributed by atoms with Gasteiger partial charge in [-0.15, -0.1) is 0 Å². The van der Waals surface area contributed by atoms with Crippen LogP contribution >= 0.6 is 0 Å². The van der Waals surface area contributed by atoms with Crippen molar-refractivity contribution in [2.45, 2.75) is 114 Å². The van der Waals surface area contributed by atoms with E-state index in [1.54, 1.807) is 7.05 Å². The number of likely N-dealkylation sites (N-methyl/N-ethyl adjacent to an activating group) is 1. The highest BCUT2D eigenvalue weighted by atomic mass is 16.3. The number of aliphatic hydroxyl groups is 1. The van der Waals surface area contributed by atoms with Crippen LogP contribution in [0.2, 0.25) is 0 Å². The van der Waals surface area contributed by atoms with Gasteiger partial charge in [0.05, 0.1) is 18.1 Å². The molecule has 9 nitrogen and oxygen atoms in total. The van der Waals surface area contributed by atoms with Gasteiger partial charge in [-0.3, -0.25) is 19.7 Å². The Hall–Kier alpha value is -2.49. The first kappa shape index (κ1) is 29.6. The Morgan fingerprint density at radius 3 is 2.45 bits per heavy atom. The van der Waals surface area contributed by atoms with Crippen molar-refractivity contribution in [1.29, 1.82) is 0 Å². The molecule has 2 saturated heterocycles. The van der Waals surface area contributed by atoms with Crippen LogP contribution in [0.3, 0.4) is 0 Å². The maximum absolute atomic E-state index is 14.5. The van der Waals surface area contributed by atoms with Crippen molar-refractivity contribution < 1.29 is 19.5 Å². The number of carbonyl (C=O) groups is 3. The maximum Gasteiger partial charge on any atom is 0.245 e. The second-order valence-corrected chi connectivity index (χ2v) is 13.5. The Bertz CT molecular complexity index is 1150. The van der Waals surface area contributed by atoms with Crippen molar-refractivity contribution in [3.63, 3.8) is 0 Å². The van der Waals surface area contributed by atoms with E-state index in [1.165, 1.54) is 11.1 Å². The van der Waals surface area contributed by atoms with E-state index in [2.05, 4.69) is 40.2 Å². The quantitative estimate of drug-likeness (QED) is 0.335. The van der Waals surface area contributed by atoms with E-state index < -0.39 is 18.3 Å². The highest BCUT2D eigenvalue weighted by Crippen LogP contribution is 2.42. The minimum Gasteiger partial charge on any atom is -0.378 e. The van der Waals surface area contributed by atoms with E-state index in [0.717, 1.165) is 64.2 Å². The average Bonchev–Trinajstić information content (AvgIpc) is 3.68. The van der Waals surface area contributed by atoms with Gasteiger partial charge in [0.2, 0.25) is 17.7 Å². The molecule has 9 heteroatoms. The van der Waals surface area contributed by atoms with Crippen LogP contribution in [0.5, 0.6) is 0 Å². The van der Waals surface area contributed by atoms with E-state index in [-0.39, 0.29) is 53.6 Å². The summed E-state index contributed by atoms with van der Waals surface area (Å²) in [5.41, 5.74) is 2.56. The summed E-state index contributed by atoms with van der Waals surface area (Å²) in [7, 11) is 1.75. The van der Waals surface area contributed by atoms with Crippen molar-refractivity contribution in [2.75, 3.05) is 20.1 Å². The molecule has 7 atom stereocenters. The van der Waals surface area contributed by atoms with E-state index in [1.807, 2.05) is 16.7 Å². The molecule has 4 N–H and O–H groups in total. The molecular weight excluding hydrogens is 530 g/mol. The van der Waals surface area contributed by atoms with Gasteiger partial charge >= 0.3 is 0 Å². The fraction of sp³-hybridized carbons (Fsp3) is 0.727. The predicted octanol–water partition coefficient (Wildman–Crippen LogP) is 2.48. The van der Waals surface area contributed by atoms with E-state index in [0.29, 0.717) is 19.5 Å². The zero-order valence-corrected chi connectivity index (χ0v) is 25.3. The minimum atomic E-state index is -0.855. The third-order valence-electron chi connectivity index (χ3n) is 10.8. The normalized spacial score (nSPS) is 29.9. The molecular formula is C33H49N5O4. The van der Waals surface area contributed by atoms with Gasteiger partial charge in [-0.1, -0.05) is 43.5 Å². The number of fused-ring (bicyclic) bond motifs is 2. The standard InChI is InChI=1S/C33H49N5O4/c1-20(34-2)30(39)36-28(22-10-4-3-5-11-22)33(42)37-18-17-27-29(37)25(19-38(27)32(41)23-15-16-23)31(40)35-26-14-8-12-21-9-6-7-13-24(21)26/h6-7,9,13,20,22-23,25-29,31,34-35,40H,3-5,8,10-12,14-19H2,1-2H3,(H,36,39). The first-order valence-corrected chi connectivity index (χ1v) is 16.5. The molecule has 2 aliphatic heterocycles. The van der Waals surface area contributed by atoms with Gasteiger partial charge in [-0.2, -0.15) is 0 Å². The largest absolute Gasteiger partial charge is 0.378 e. The summed E-state index contributed by atoms with van der Waals surface area (Å²) in [6.45, 7) is 2.80. The summed E-state index contributed by atoms with van der Waals surface area (Å²) in [6.07, 6.45) is 9.91. The van der Waals surface area contributed by atoms with E-state index >= 15 is 0 Å². The van der Waals surface area contributed by atoms with Gasteiger partial charge in [0.25, 0.3) is 0 Å². The van der Waals surface area contributed by atoms with Crippen LogP contribution in [-0.2, 0) is 20.8 Å². The summed E-state index contributed by atoms with van der Waals surface area (Å²) >= 11 is 0. The first-order chi connectivity index (χ1) is 20.4. The minimum absolute atomic E-state index is 0.0412. The van der Waals surface area contributed by atoms with Crippen molar-refractivity contribution in [3.8, 4) is 0 Å². The summed E-state index contributed by atoms with van der Waals surface area (Å²) < 4.78 is 0. The number of hydrogen-bond acceptors (Lipinski definition) is 6. The van der Waals surface area contributed by atoms with Crippen LogP contribution < -0.4 is 16.0 Å². The number of carbonyl (C=O) groups excluding carboxylic acids is 3. The fourth-order valence-corrected chi connectivity index (χ4v) is 8.18. The number of rotatable bonds is 9. The Morgan fingerprint density at radius 1 is 0.952 bits per heavy atom. The highest BCUT2D eigenvalue weighted by molar-refractivity contribution is 5.90. The maximum atomic E-state index is 14.5. The summed E-state index contributed by atoms with van der Waals surface area (Å²) in [5.74, 6) is -0.143. The lowest BCUT2D eigenvalue weighted by atomic mass is 9.82. The molecule has 1 aromatic carbocycles. The lowest BCUT2D eigenvalue weighted by Gasteiger charge is -2.38. The molecule has 1 aromatic rings. The molecule has 0 bridgehead atoms. The summed E-state index contributed by atoms with van der Waals surface area (Å²) in [6, 6.07) is 7.13. The van der Waals surface area contributed by atoms with Gasteiger partial charge in [0.1, 0.15) is 12.3 Å². The monoisotopic (exact) mass is 579 g/mol. The summed E-state index contributed by atoms with van der Waals surface area (Å²) in [5, 5.41) is 21.5. The number of nitrogens with one attached hydrogen (secondary N) is 3. The second kappa shape index (κ2) is 12.6. The molecule has 3 aliphatic carbocycles. The van der Waals surface area contributed by atoms with Crippen LogP contribution in [0.4, 0.5) is 0 Å². The van der Waals surface area contributed by atoms with E-state index in [4.69, 9.17) is 0 Å². The number of aliphatic hydroxyl groups excluding tert-OH is 1. The smallest absolute Gasteiger partial charge is 0.245 e. The van der Waals surface area contributed by atoms with Crippen molar-refractivity contribution in [1.82, 2.24) is 25.8 Å². The van der Waals surface area contributed by atoms with Gasteiger partial charge < -0.3 is 25.5 Å². The zero-order chi connectivity index (χ0) is 29.4. The third-order valence-corrected chi connectivity index (χ3v) is 10.8. The number of likely N-dealkylation sites (tertiary alicyclic amines) is 2. The SMILES string of the molecule is CNC(C)C(=O)NC(C(=O)N1CCC2C1C(C(O)NC1CCCc3ccccc31)CN2C(=O)C1CC1)C1CCCCC1. The molecule has 5 aliphatic rings. The highest BCUT2D eigenvalue weighted by Gasteiger charge is 2.56. The molecule has 0 radical (unpaired) electrons. The number of nitrogens with zero attached hydrogens (tertiary/aromatic N) is 2. The second-order valence-electron chi connectivity index (χ2n) is 13.5. The van der Waals surface area contributed by atoms with Crippen LogP contribution in [0.25, 0.3) is 0 Å². The third kappa shape index (κ3) is 5.84. The van der Waals surface area contributed by atoms with Gasteiger partial charge in [0, 0.05) is 31.0 Å². The molecule has 0 aromatic heterocycles. The van der Waals surface area contributed by atoms with Crippen molar-refractivity contribution in [2.24, 2.45) is 17.8 Å². The molecule has 0 spiro atoms. The molecule has 4 fully saturated rings. The van der Waals surface area contributed by atoms with Gasteiger partial charge in [0.15, 0.2) is 0 Å². The molecule has 3 amide bonds. The van der Waals surface area contributed by atoms with E-state index in [9.17, 15) is 19.5 Å².